The van der Waals surface area contributed by atoms with E-state index in [1.54, 1.807) is 6.07 Å². The number of hydrogen-bond acceptors (Lipinski definition) is 7. The second-order valence-corrected chi connectivity index (χ2v) is 7.78. The van der Waals surface area contributed by atoms with Gasteiger partial charge in [-0.1, -0.05) is 13.8 Å². The van der Waals surface area contributed by atoms with Crippen molar-refractivity contribution in [2.75, 3.05) is 13.8 Å². The van der Waals surface area contributed by atoms with Gasteiger partial charge in [0.15, 0.2) is 6.73 Å². The number of methoxy groups -OCH3 is 1. The number of amides is 1. The molecule has 0 radical (unpaired) electrons. The van der Waals surface area contributed by atoms with Crippen LogP contribution in [0.3, 0.4) is 0 Å². The van der Waals surface area contributed by atoms with Crippen LogP contribution >= 0.6 is 0 Å². The highest BCUT2D eigenvalue weighted by molar-refractivity contribution is 7.90. The molecule has 10 heteroatoms. The first kappa shape index (κ1) is 17.9. The van der Waals surface area contributed by atoms with Gasteiger partial charge in [-0.2, -0.15) is 9.40 Å². The van der Waals surface area contributed by atoms with Crippen LogP contribution in [0.5, 0.6) is 5.75 Å². The number of rotatable bonds is 5. The predicted octanol–water partition coefficient (Wildman–Crippen LogP) is 1.50. The molecular weight excluding hydrogens is 362 g/mol. The van der Waals surface area contributed by atoms with E-state index in [4.69, 9.17) is 9.47 Å². The molecule has 26 heavy (non-hydrogen) atoms. The molecule has 3 rings (SSSR count). The fourth-order valence-corrected chi connectivity index (χ4v) is 4.13. The lowest BCUT2D eigenvalue weighted by molar-refractivity contribution is 0.0358. The van der Waals surface area contributed by atoms with Crippen molar-refractivity contribution >= 4 is 21.9 Å². The summed E-state index contributed by atoms with van der Waals surface area (Å²) in [6.45, 7) is 2.97. The molecule has 0 saturated carbocycles. The molecule has 1 aliphatic rings. The highest BCUT2D eigenvalue weighted by Crippen LogP contribution is 2.38. The van der Waals surface area contributed by atoms with Crippen molar-refractivity contribution in [3.8, 4) is 5.75 Å². The lowest BCUT2D eigenvalue weighted by Gasteiger charge is -2.14. The Morgan fingerprint density at radius 3 is 2.65 bits per heavy atom. The molecule has 2 aromatic rings. The maximum atomic E-state index is 12.8. The summed E-state index contributed by atoms with van der Waals surface area (Å²) in [7, 11) is -2.73. The van der Waals surface area contributed by atoms with Crippen LogP contribution in [0.15, 0.2) is 29.4 Å². The predicted molar refractivity (Wildman–Crippen MR) is 89.3 cm³/mol. The zero-order valence-electron chi connectivity index (χ0n) is 14.3. The molecule has 0 fully saturated rings. The Kier molecular flexibility index (Phi) is 4.45. The van der Waals surface area contributed by atoms with Gasteiger partial charge in [0.25, 0.3) is 15.9 Å². The molecule has 0 saturated heterocycles. The van der Waals surface area contributed by atoms with Crippen molar-refractivity contribution < 1.29 is 27.5 Å². The zero-order valence-corrected chi connectivity index (χ0v) is 15.2. The van der Waals surface area contributed by atoms with Gasteiger partial charge in [0.05, 0.1) is 24.4 Å². The maximum Gasteiger partial charge on any atom is 0.343 e. The molecule has 0 aliphatic carbocycles. The molecule has 2 heterocycles. The third-order valence-corrected chi connectivity index (χ3v) is 5.75. The van der Waals surface area contributed by atoms with E-state index < -0.39 is 28.6 Å². The van der Waals surface area contributed by atoms with Gasteiger partial charge < -0.3 is 9.47 Å². The second kappa shape index (κ2) is 6.45. The molecular formula is C16H17N3O6S. The summed E-state index contributed by atoms with van der Waals surface area (Å²) in [5.74, 6) is -1.29. The minimum Gasteiger partial charge on any atom is -0.497 e. The monoisotopic (exact) mass is 379 g/mol. The third kappa shape index (κ3) is 2.81. The van der Waals surface area contributed by atoms with Crippen molar-refractivity contribution in [3.63, 3.8) is 0 Å². The second-order valence-electron chi connectivity index (χ2n) is 5.95. The summed E-state index contributed by atoms with van der Waals surface area (Å²) in [6.07, 6.45) is 2.54. The Labute approximate surface area is 150 Å². The number of nitrogens with zero attached hydrogens (tertiary/aromatic N) is 2. The molecule has 0 unspecified atom stereocenters. The zero-order chi connectivity index (χ0) is 19.1. The van der Waals surface area contributed by atoms with Crippen molar-refractivity contribution in [2.45, 2.75) is 24.7 Å². The molecule has 1 aromatic carbocycles. The van der Waals surface area contributed by atoms with Crippen molar-refractivity contribution in [1.29, 1.82) is 0 Å². The van der Waals surface area contributed by atoms with Gasteiger partial charge in [0, 0.05) is 12.3 Å². The van der Waals surface area contributed by atoms with Crippen LogP contribution in [0, 0.1) is 0 Å². The minimum atomic E-state index is -4.15. The number of hydrogen-bond donors (Lipinski definition) is 1. The van der Waals surface area contributed by atoms with Gasteiger partial charge >= 0.3 is 5.97 Å². The van der Waals surface area contributed by atoms with Gasteiger partial charge in [-0.25, -0.2) is 13.2 Å². The average molecular weight is 379 g/mol. The van der Waals surface area contributed by atoms with Crippen LogP contribution in [-0.2, 0) is 14.8 Å². The van der Waals surface area contributed by atoms with E-state index in [9.17, 15) is 18.0 Å². The number of aromatic amines is 1. The molecule has 1 N–H and O–H groups in total. The largest absolute Gasteiger partial charge is 0.497 e. The summed E-state index contributed by atoms with van der Waals surface area (Å²) >= 11 is 0. The lowest BCUT2D eigenvalue weighted by atomic mass is 9.96. The van der Waals surface area contributed by atoms with Gasteiger partial charge in [0.1, 0.15) is 10.6 Å². The van der Waals surface area contributed by atoms with E-state index in [1.807, 2.05) is 13.8 Å². The minimum absolute atomic E-state index is 0.0835. The van der Waals surface area contributed by atoms with Gasteiger partial charge in [0.2, 0.25) is 0 Å². The van der Waals surface area contributed by atoms with E-state index in [-0.39, 0.29) is 21.9 Å². The molecule has 1 aromatic heterocycles. The third-order valence-electron chi connectivity index (χ3n) is 4.02. The first-order valence-corrected chi connectivity index (χ1v) is 9.16. The van der Waals surface area contributed by atoms with Crippen LogP contribution in [0.4, 0.5) is 0 Å². The molecule has 0 spiro atoms. The van der Waals surface area contributed by atoms with Crippen LogP contribution in [0.2, 0.25) is 0 Å². The van der Waals surface area contributed by atoms with Crippen LogP contribution in [-0.4, -0.2) is 48.6 Å². The standard InChI is InChI=1S/C16H17N3O6S/c1-9(2)12-4-11(24-3)5-13-14(12)15(20)19(26(13,22)23)8-25-16(21)10-6-17-18-7-10/h4-7,9H,8H2,1-3H3,(H,17,18). The van der Waals surface area contributed by atoms with E-state index in [1.165, 1.54) is 25.6 Å². The number of aromatic nitrogens is 2. The Hall–Kier alpha value is -2.88. The molecule has 1 amide bonds. The topological polar surface area (TPSA) is 119 Å². The summed E-state index contributed by atoms with van der Waals surface area (Å²) in [5.41, 5.74) is 0.757. The molecule has 1 aliphatic heterocycles. The van der Waals surface area contributed by atoms with Crippen LogP contribution in [0.25, 0.3) is 0 Å². The SMILES string of the molecule is COc1cc(C(C)C)c2c(c1)S(=O)(=O)N(COC(=O)c1cn[nH]c1)C2=O. The fraction of sp³-hybridized carbons (Fsp3) is 0.312. The highest BCUT2D eigenvalue weighted by Gasteiger charge is 2.44. The Morgan fingerprint density at radius 1 is 1.35 bits per heavy atom. The lowest BCUT2D eigenvalue weighted by Crippen LogP contribution is -2.33. The van der Waals surface area contributed by atoms with E-state index >= 15 is 0 Å². The molecule has 0 bridgehead atoms. The van der Waals surface area contributed by atoms with E-state index in [0.29, 0.717) is 15.6 Å². The molecule has 138 valence electrons. The number of sulfonamides is 1. The van der Waals surface area contributed by atoms with Crippen LogP contribution in [0.1, 0.15) is 46.0 Å². The first-order chi connectivity index (χ1) is 12.3. The number of fused-ring (bicyclic) bond motifs is 1. The summed E-state index contributed by atoms with van der Waals surface area (Å²) < 4.78 is 36.2. The number of nitrogens with one attached hydrogen (secondary N) is 1. The Morgan fingerprint density at radius 2 is 2.08 bits per heavy atom. The number of esters is 1. The normalized spacial score (nSPS) is 15.2. The molecule has 9 nitrogen and oxygen atoms in total. The first-order valence-electron chi connectivity index (χ1n) is 7.72. The Balaban J connectivity index is 1.96. The number of benzene rings is 1. The fourth-order valence-electron chi connectivity index (χ4n) is 2.66. The number of ether oxygens (including phenoxy) is 2. The summed E-state index contributed by atoms with van der Waals surface area (Å²) in [4.78, 5) is 24.5. The van der Waals surface area contributed by atoms with Crippen LogP contribution < -0.4 is 4.74 Å². The van der Waals surface area contributed by atoms with Crippen molar-refractivity contribution in [2.24, 2.45) is 0 Å². The van der Waals surface area contributed by atoms with Gasteiger partial charge in [-0.05, 0) is 17.5 Å². The Bertz CT molecular complexity index is 966. The highest BCUT2D eigenvalue weighted by atomic mass is 32.2. The maximum absolute atomic E-state index is 12.8. The number of H-pyrrole nitrogens is 1. The van der Waals surface area contributed by atoms with Gasteiger partial charge in [-0.15, -0.1) is 0 Å². The smallest absolute Gasteiger partial charge is 0.343 e. The van der Waals surface area contributed by atoms with E-state index in [2.05, 4.69) is 10.2 Å². The summed E-state index contributed by atoms with van der Waals surface area (Å²) in [5, 5.41) is 6.06. The number of carbonyl (C=O) groups is 2. The molecule has 0 atom stereocenters. The average Bonchev–Trinajstić information content (AvgIpc) is 3.19. The van der Waals surface area contributed by atoms with Crippen molar-refractivity contribution in [1.82, 2.24) is 14.5 Å². The number of carbonyl (C=O) groups excluding carboxylic acids is 2. The van der Waals surface area contributed by atoms with E-state index in [0.717, 1.165) is 0 Å². The summed E-state index contributed by atoms with van der Waals surface area (Å²) in [6, 6.07) is 2.93. The van der Waals surface area contributed by atoms with Gasteiger partial charge in [-0.3, -0.25) is 9.89 Å². The quantitative estimate of drug-likeness (QED) is 0.782. The van der Waals surface area contributed by atoms with Crippen molar-refractivity contribution in [3.05, 3.63) is 41.2 Å².